The van der Waals surface area contributed by atoms with Crippen LogP contribution in [0.4, 0.5) is 0 Å². The lowest BCUT2D eigenvalue weighted by molar-refractivity contribution is 0.138. The van der Waals surface area contributed by atoms with E-state index in [1.807, 2.05) is 0 Å². The quantitative estimate of drug-likeness (QED) is 0.654. The van der Waals surface area contributed by atoms with Crippen molar-refractivity contribution in [3.63, 3.8) is 0 Å². The van der Waals surface area contributed by atoms with Crippen molar-refractivity contribution in [1.29, 1.82) is 0 Å². The molecule has 0 bridgehead atoms. The van der Waals surface area contributed by atoms with Crippen LogP contribution in [0.3, 0.4) is 0 Å². The summed E-state index contributed by atoms with van der Waals surface area (Å²) in [5.74, 6) is 0. The number of likely N-dealkylation sites (N-methyl/N-ethyl adjacent to an activating group) is 1. The lowest BCUT2D eigenvalue weighted by Crippen LogP contribution is -2.48. The Balaban J connectivity index is 2.18. The van der Waals surface area contributed by atoms with Crippen LogP contribution in [-0.2, 0) is 0 Å². The molecule has 2 atom stereocenters. The molecule has 0 radical (unpaired) electrons. The van der Waals surface area contributed by atoms with E-state index < -0.39 is 0 Å². The molecule has 0 aromatic carbocycles. The minimum absolute atomic E-state index is 0.742. The van der Waals surface area contributed by atoms with Crippen molar-refractivity contribution in [3.8, 4) is 0 Å². The summed E-state index contributed by atoms with van der Waals surface area (Å²) in [5, 5.41) is 3.60. The zero-order chi connectivity index (χ0) is 12.5. The molecule has 0 aromatic rings. The van der Waals surface area contributed by atoms with Crippen molar-refractivity contribution in [3.05, 3.63) is 0 Å². The standard InChI is InChI=1S/C15H32N2/c1-4-6-7-8-10-14(3)17-12-9-11-15(13-17)16-5-2/h14-16H,4-13H2,1-3H3. The van der Waals surface area contributed by atoms with Gasteiger partial charge < -0.3 is 5.32 Å². The van der Waals surface area contributed by atoms with Gasteiger partial charge in [0.05, 0.1) is 0 Å². The first-order valence-corrected chi connectivity index (χ1v) is 7.75. The third kappa shape index (κ3) is 5.87. The highest BCUT2D eigenvalue weighted by Crippen LogP contribution is 2.17. The van der Waals surface area contributed by atoms with E-state index in [-0.39, 0.29) is 0 Å². The number of piperidine rings is 1. The van der Waals surface area contributed by atoms with Gasteiger partial charge >= 0.3 is 0 Å². The monoisotopic (exact) mass is 240 g/mol. The molecule has 2 nitrogen and oxygen atoms in total. The van der Waals surface area contributed by atoms with Crippen molar-refractivity contribution in [2.75, 3.05) is 19.6 Å². The van der Waals surface area contributed by atoms with E-state index in [1.54, 1.807) is 0 Å². The van der Waals surface area contributed by atoms with Crippen molar-refractivity contribution in [1.82, 2.24) is 10.2 Å². The Hall–Kier alpha value is -0.0800. The van der Waals surface area contributed by atoms with E-state index in [2.05, 4.69) is 31.0 Å². The second-order valence-corrected chi connectivity index (χ2v) is 5.59. The lowest BCUT2D eigenvalue weighted by Gasteiger charge is -2.37. The normalized spacial score (nSPS) is 23.8. The maximum Gasteiger partial charge on any atom is 0.0195 e. The molecule has 17 heavy (non-hydrogen) atoms. The highest BCUT2D eigenvalue weighted by Gasteiger charge is 2.22. The molecule has 0 spiro atoms. The fourth-order valence-corrected chi connectivity index (χ4v) is 2.91. The second-order valence-electron chi connectivity index (χ2n) is 5.59. The minimum atomic E-state index is 0.742. The first-order chi connectivity index (χ1) is 8.27. The SMILES string of the molecule is CCCCCCC(C)N1CCCC(NCC)C1. The highest BCUT2D eigenvalue weighted by molar-refractivity contribution is 4.80. The molecular formula is C15H32N2. The van der Waals surface area contributed by atoms with E-state index in [9.17, 15) is 0 Å². The van der Waals surface area contributed by atoms with Gasteiger partial charge in [0.2, 0.25) is 0 Å². The zero-order valence-electron chi connectivity index (χ0n) is 12.2. The molecule has 1 aliphatic rings. The number of unbranched alkanes of at least 4 members (excludes halogenated alkanes) is 3. The van der Waals surface area contributed by atoms with E-state index in [4.69, 9.17) is 0 Å². The molecule has 0 aromatic heterocycles. The molecule has 2 heteroatoms. The van der Waals surface area contributed by atoms with Gasteiger partial charge in [0.1, 0.15) is 0 Å². The summed E-state index contributed by atoms with van der Waals surface area (Å²) in [6, 6.07) is 1.53. The number of nitrogens with one attached hydrogen (secondary N) is 1. The van der Waals surface area contributed by atoms with Crippen LogP contribution < -0.4 is 5.32 Å². The largest absolute Gasteiger partial charge is 0.313 e. The van der Waals surface area contributed by atoms with Gasteiger partial charge in [0, 0.05) is 18.6 Å². The van der Waals surface area contributed by atoms with E-state index in [1.165, 1.54) is 58.0 Å². The Morgan fingerprint density at radius 3 is 2.76 bits per heavy atom. The number of nitrogens with zero attached hydrogens (tertiary/aromatic N) is 1. The first-order valence-electron chi connectivity index (χ1n) is 7.75. The highest BCUT2D eigenvalue weighted by atomic mass is 15.2. The van der Waals surface area contributed by atoms with E-state index >= 15 is 0 Å². The van der Waals surface area contributed by atoms with Gasteiger partial charge in [0.15, 0.2) is 0 Å². The number of hydrogen-bond acceptors (Lipinski definition) is 2. The average molecular weight is 240 g/mol. The van der Waals surface area contributed by atoms with Crippen LogP contribution in [0.2, 0.25) is 0 Å². The molecule has 0 aliphatic carbocycles. The number of hydrogen-bond donors (Lipinski definition) is 1. The van der Waals surface area contributed by atoms with Crippen LogP contribution in [0.25, 0.3) is 0 Å². The summed E-state index contributed by atoms with van der Waals surface area (Å²) in [4.78, 5) is 2.70. The summed E-state index contributed by atoms with van der Waals surface area (Å²) in [7, 11) is 0. The minimum Gasteiger partial charge on any atom is -0.313 e. The Morgan fingerprint density at radius 2 is 2.06 bits per heavy atom. The Kier molecular flexibility index (Phi) is 7.87. The van der Waals surface area contributed by atoms with Gasteiger partial charge in [-0.25, -0.2) is 0 Å². The summed E-state index contributed by atoms with van der Waals surface area (Å²) in [6.45, 7) is 10.6. The predicted molar refractivity (Wildman–Crippen MR) is 76.5 cm³/mol. The zero-order valence-corrected chi connectivity index (χ0v) is 12.2. The van der Waals surface area contributed by atoms with Gasteiger partial charge in [-0.3, -0.25) is 4.90 Å². The van der Waals surface area contributed by atoms with E-state index in [0.717, 1.165) is 18.6 Å². The number of likely N-dealkylation sites (tertiary alicyclic amines) is 1. The van der Waals surface area contributed by atoms with Crippen LogP contribution >= 0.6 is 0 Å². The first kappa shape index (κ1) is 15.0. The van der Waals surface area contributed by atoms with Gasteiger partial charge in [0.25, 0.3) is 0 Å². The van der Waals surface area contributed by atoms with Crippen LogP contribution in [-0.4, -0.2) is 36.6 Å². The smallest absolute Gasteiger partial charge is 0.0195 e. The van der Waals surface area contributed by atoms with Crippen molar-refractivity contribution >= 4 is 0 Å². The summed E-state index contributed by atoms with van der Waals surface area (Å²) < 4.78 is 0. The maximum absolute atomic E-state index is 3.60. The molecule has 1 fully saturated rings. The maximum atomic E-state index is 3.60. The van der Waals surface area contributed by atoms with Gasteiger partial charge in [-0.2, -0.15) is 0 Å². The molecule has 1 heterocycles. The van der Waals surface area contributed by atoms with Crippen LogP contribution in [0.5, 0.6) is 0 Å². The van der Waals surface area contributed by atoms with Crippen LogP contribution in [0.15, 0.2) is 0 Å². The topological polar surface area (TPSA) is 15.3 Å². The second kappa shape index (κ2) is 8.93. The third-order valence-electron chi connectivity index (χ3n) is 4.04. The predicted octanol–water partition coefficient (Wildman–Crippen LogP) is 3.42. The molecule has 1 saturated heterocycles. The number of rotatable bonds is 8. The fraction of sp³-hybridized carbons (Fsp3) is 1.00. The Labute approximate surface area is 108 Å². The van der Waals surface area contributed by atoms with Crippen LogP contribution in [0.1, 0.15) is 65.7 Å². The fourth-order valence-electron chi connectivity index (χ4n) is 2.91. The third-order valence-corrected chi connectivity index (χ3v) is 4.04. The summed E-state index contributed by atoms with van der Waals surface area (Å²) in [6.07, 6.45) is 9.72. The van der Waals surface area contributed by atoms with Gasteiger partial charge in [-0.05, 0) is 39.3 Å². The molecule has 1 N–H and O–H groups in total. The molecule has 102 valence electrons. The summed E-state index contributed by atoms with van der Waals surface area (Å²) in [5.41, 5.74) is 0. The molecule has 0 amide bonds. The molecular weight excluding hydrogens is 208 g/mol. The average Bonchev–Trinajstić information content (AvgIpc) is 2.35. The van der Waals surface area contributed by atoms with Gasteiger partial charge in [-0.15, -0.1) is 0 Å². The lowest BCUT2D eigenvalue weighted by atomic mass is 10.0. The van der Waals surface area contributed by atoms with Crippen LogP contribution in [0, 0.1) is 0 Å². The van der Waals surface area contributed by atoms with Crippen molar-refractivity contribution < 1.29 is 0 Å². The Bertz CT molecular complexity index is 180. The Morgan fingerprint density at radius 1 is 1.24 bits per heavy atom. The molecule has 1 rings (SSSR count). The molecule has 2 unspecified atom stereocenters. The molecule has 1 aliphatic heterocycles. The molecule has 0 saturated carbocycles. The van der Waals surface area contributed by atoms with E-state index in [0.29, 0.717) is 0 Å². The van der Waals surface area contributed by atoms with Crippen molar-refractivity contribution in [2.24, 2.45) is 0 Å². The van der Waals surface area contributed by atoms with Gasteiger partial charge in [-0.1, -0.05) is 39.5 Å². The van der Waals surface area contributed by atoms with Crippen molar-refractivity contribution in [2.45, 2.75) is 77.8 Å². The summed E-state index contributed by atoms with van der Waals surface area (Å²) >= 11 is 0.